The Morgan fingerprint density at radius 2 is 1.86 bits per heavy atom. The summed E-state index contributed by atoms with van der Waals surface area (Å²) >= 11 is 0. The Morgan fingerprint density at radius 3 is 2.45 bits per heavy atom. The highest BCUT2D eigenvalue weighted by Crippen LogP contribution is 2.34. The van der Waals surface area contributed by atoms with Crippen LogP contribution in [0.25, 0.3) is 11.1 Å². The van der Waals surface area contributed by atoms with Crippen molar-refractivity contribution in [2.75, 3.05) is 6.61 Å². The smallest absolute Gasteiger partial charge is 0.355 e. The minimum absolute atomic E-state index is 0.243. The van der Waals surface area contributed by atoms with Crippen LogP contribution in [0.2, 0.25) is 0 Å². The second-order valence-electron chi connectivity index (χ2n) is 6.37. The summed E-state index contributed by atoms with van der Waals surface area (Å²) in [6.45, 7) is 3.92. The summed E-state index contributed by atoms with van der Waals surface area (Å²) in [5, 5.41) is 9.74. The van der Waals surface area contributed by atoms with E-state index in [1.165, 1.54) is 12.1 Å². The number of nitriles is 1. The zero-order valence-electron chi connectivity index (χ0n) is 16.5. The number of esters is 1. The molecule has 0 saturated heterocycles. The number of rotatable bonds is 6. The fourth-order valence-corrected chi connectivity index (χ4v) is 3.34. The minimum Gasteiger partial charge on any atom is -0.461 e. The van der Waals surface area contributed by atoms with Gasteiger partial charge in [0.2, 0.25) is 0 Å². The number of nitrogens with zero attached hydrogens (tertiary/aromatic N) is 2. The number of hydrogen-bond donors (Lipinski definition) is 0. The van der Waals surface area contributed by atoms with Crippen LogP contribution in [0.1, 0.15) is 35.6 Å². The Balaban J connectivity index is 2.03. The Kier molecular flexibility index (Phi) is 5.99. The standard InChI is InChI=1S/C23H21FN2O3/c1-4-20-19(14-25)21(22(26(20)3)23(27)28-5-2)15-9-11-17(12-10-15)29-18-8-6-7-16(24)13-18/h6-13H,4-5H2,1-3H3. The Labute approximate surface area is 168 Å². The van der Waals surface area contributed by atoms with Crippen LogP contribution in [-0.2, 0) is 18.2 Å². The van der Waals surface area contributed by atoms with E-state index in [0.29, 0.717) is 40.3 Å². The molecule has 0 radical (unpaired) electrons. The van der Waals surface area contributed by atoms with Gasteiger partial charge >= 0.3 is 5.97 Å². The SMILES string of the molecule is CCOC(=O)c1c(-c2ccc(Oc3cccc(F)c3)cc2)c(C#N)c(CC)n1C. The predicted octanol–water partition coefficient (Wildman–Crippen LogP) is 5.23. The van der Waals surface area contributed by atoms with Gasteiger partial charge in [0.15, 0.2) is 0 Å². The van der Waals surface area contributed by atoms with Gasteiger partial charge in [-0.2, -0.15) is 5.26 Å². The van der Waals surface area contributed by atoms with Crippen molar-refractivity contribution in [3.63, 3.8) is 0 Å². The van der Waals surface area contributed by atoms with Crippen LogP contribution in [-0.4, -0.2) is 17.1 Å². The van der Waals surface area contributed by atoms with Crippen molar-refractivity contribution in [2.45, 2.75) is 20.3 Å². The van der Waals surface area contributed by atoms with Crippen molar-refractivity contribution in [3.05, 3.63) is 71.3 Å². The molecule has 0 aliphatic carbocycles. The normalized spacial score (nSPS) is 10.4. The summed E-state index contributed by atoms with van der Waals surface area (Å²) in [5.74, 6) is 0.0485. The van der Waals surface area contributed by atoms with Crippen molar-refractivity contribution in [3.8, 4) is 28.7 Å². The van der Waals surface area contributed by atoms with Crippen molar-refractivity contribution in [1.82, 2.24) is 4.57 Å². The van der Waals surface area contributed by atoms with E-state index >= 15 is 0 Å². The maximum atomic E-state index is 13.3. The molecule has 0 atom stereocenters. The summed E-state index contributed by atoms with van der Waals surface area (Å²) in [4.78, 5) is 12.6. The van der Waals surface area contributed by atoms with E-state index in [-0.39, 0.29) is 12.4 Å². The quantitative estimate of drug-likeness (QED) is 0.539. The van der Waals surface area contributed by atoms with Crippen molar-refractivity contribution < 1.29 is 18.7 Å². The first-order chi connectivity index (χ1) is 14.0. The molecule has 2 aromatic carbocycles. The molecule has 0 spiro atoms. The van der Waals surface area contributed by atoms with Gasteiger partial charge in [-0.05, 0) is 43.2 Å². The van der Waals surface area contributed by atoms with Gasteiger partial charge in [0, 0.05) is 24.4 Å². The average molecular weight is 392 g/mol. The summed E-state index contributed by atoms with van der Waals surface area (Å²) in [5.41, 5.74) is 2.82. The molecule has 1 heterocycles. The van der Waals surface area contributed by atoms with Gasteiger partial charge in [-0.25, -0.2) is 9.18 Å². The second kappa shape index (κ2) is 8.61. The lowest BCUT2D eigenvalue weighted by molar-refractivity contribution is 0.0516. The van der Waals surface area contributed by atoms with E-state index in [2.05, 4.69) is 6.07 Å². The average Bonchev–Trinajstić information content (AvgIpc) is 3.00. The van der Waals surface area contributed by atoms with E-state index in [1.54, 1.807) is 54.9 Å². The van der Waals surface area contributed by atoms with Gasteiger partial charge in [0.25, 0.3) is 0 Å². The molecule has 6 heteroatoms. The van der Waals surface area contributed by atoms with Crippen molar-refractivity contribution in [2.24, 2.45) is 7.05 Å². The van der Waals surface area contributed by atoms with Crippen LogP contribution < -0.4 is 4.74 Å². The molecule has 3 aromatic rings. The monoisotopic (exact) mass is 392 g/mol. The van der Waals surface area contributed by atoms with Crippen LogP contribution in [0.5, 0.6) is 11.5 Å². The van der Waals surface area contributed by atoms with Crippen molar-refractivity contribution in [1.29, 1.82) is 5.26 Å². The van der Waals surface area contributed by atoms with Gasteiger partial charge in [-0.15, -0.1) is 0 Å². The molecule has 0 saturated carbocycles. The highest BCUT2D eigenvalue weighted by molar-refractivity contribution is 5.98. The molecule has 148 valence electrons. The Bertz CT molecular complexity index is 1080. The molecule has 0 aliphatic rings. The molecule has 1 aromatic heterocycles. The Morgan fingerprint density at radius 1 is 1.14 bits per heavy atom. The van der Waals surface area contributed by atoms with Gasteiger partial charge in [-0.3, -0.25) is 0 Å². The third-order valence-electron chi connectivity index (χ3n) is 4.61. The third kappa shape index (κ3) is 3.99. The molecule has 5 nitrogen and oxygen atoms in total. The van der Waals surface area contributed by atoms with Crippen LogP contribution in [0.3, 0.4) is 0 Å². The van der Waals surface area contributed by atoms with E-state index in [0.717, 1.165) is 5.69 Å². The maximum Gasteiger partial charge on any atom is 0.355 e. The minimum atomic E-state index is -0.471. The molecule has 0 aliphatic heterocycles. The number of halogens is 1. The first-order valence-corrected chi connectivity index (χ1v) is 9.32. The fraction of sp³-hybridized carbons (Fsp3) is 0.217. The first kappa shape index (κ1) is 20.2. The maximum absolute atomic E-state index is 13.3. The first-order valence-electron chi connectivity index (χ1n) is 9.32. The lowest BCUT2D eigenvalue weighted by Gasteiger charge is -2.09. The van der Waals surface area contributed by atoms with Crippen molar-refractivity contribution >= 4 is 5.97 Å². The molecule has 0 amide bonds. The number of benzene rings is 2. The molecular formula is C23H21FN2O3. The molecular weight excluding hydrogens is 371 g/mol. The number of aromatic nitrogens is 1. The van der Waals surface area contributed by atoms with Gasteiger partial charge in [-0.1, -0.05) is 25.1 Å². The predicted molar refractivity (Wildman–Crippen MR) is 107 cm³/mol. The van der Waals surface area contributed by atoms with E-state index in [9.17, 15) is 14.4 Å². The van der Waals surface area contributed by atoms with E-state index < -0.39 is 5.97 Å². The second-order valence-corrected chi connectivity index (χ2v) is 6.37. The summed E-state index contributed by atoms with van der Waals surface area (Å²) in [6.07, 6.45) is 0.604. The molecule has 0 bridgehead atoms. The van der Waals surface area contributed by atoms with Gasteiger partial charge < -0.3 is 14.0 Å². The highest BCUT2D eigenvalue weighted by atomic mass is 19.1. The molecule has 0 N–H and O–H groups in total. The zero-order chi connectivity index (χ0) is 21.0. The molecule has 29 heavy (non-hydrogen) atoms. The van der Waals surface area contributed by atoms with E-state index in [4.69, 9.17) is 9.47 Å². The number of ether oxygens (including phenoxy) is 2. The third-order valence-corrected chi connectivity index (χ3v) is 4.61. The topological polar surface area (TPSA) is 64.2 Å². The summed E-state index contributed by atoms with van der Waals surface area (Å²) in [7, 11) is 1.76. The largest absolute Gasteiger partial charge is 0.461 e. The highest BCUT2D eigenvalue weighted by Gasteiger charge is 2.26. The van der Waals surface area contributed by atoms with Gasteiger partial charge in [0.1, 0.15) is 29.1 Å². The van der Waals surface area contributed by atoms with Crippen LogP contribution in [0.4, 0.5) is 4.39 Å². The summed E-state index contributed by atoms with van der Waals surface area (Å²) < 4.78 is 25.9. The molecule has 3 rings (SSSR count). The van der Waals surface area contributed by atoms with Crippen LogP contribution in [0, 0.1) is 17.1 Å². The number of carbonyl (C=O) groups is 1. The number of hydrogen-bond acceptors (Lipinski definition) is 4. The number of carbonyl (C=O) groups excluding carboxylic acids is 1. The lowest BCUT2D eigenvalue weighted by Crippen LogP contribution is -2.12. The molecule has 0 unspecified atom stereocenters. The summed E-state index contributed by atoms with van der Waals surface area (Å²) in [6, 6.07) is 15.1. The fourth-order valence-electron chi connectivity index (χ4n) is 3.34. The molecule has 0 fully saturated rings. The van der Waals surface area contributed by atoms with E-state index in [1.807, 2.05) is 6.92 Å². The van der Waals surface area contributed by atoms with Gasteiger partial charge in [0.05, 0.1) is 12.2 Å². The van der Waals surface area contributed by atoms with Crippen LogP contribution in [0.15, 0.2) is 48.5 Å². The zero-order valence-corrected chi connectivity index (χ0v) is 16.5. The lowest BCUT2D eigenvalue weighted by atomic mass is 10.00. The van der Waals surface area contributed by atoms with Crippen LogP contribution >= 0.6 is 0 Å². The Hall–Kier alpha value is -3.59.